The lowest BCUT2D eigenvalue weighted by molar-refractivity contribution is 0.677. The van der Waals surface area contributed by atoms with Crippen LogP contribution in [0.1, 0.15) is 19.3 Å². The summed E-state index contributed by atoms with van der Waals surface area (Å²) in [5.74, 6) is 2.15. The number of hydrogen-bond acceptors (Lipinski definition) is 5. The van der Waals surface area contributed by atoms with E-state index in [4.69, 9.17) is 0 Å². The number of H-pyrrole nitrogens is 1. The smallest absolute Gasteiger partial charge is 0.182 e. The second-order valence-electron chi connectivity index (χ2n) is 4.19. The molecule has 1 atom stereocenters. The van der Waals surface area contributed by atoms with E-state index < -0.39 is 0 Å². The third-order valence-electron chi connectivity index (χ3n) is 2.99. The molecule has 0 bridgehead atoms. The maximum Gasteiger partial charge on any atom is 0.182 e. The van der Waals surface area contributed by atoms with Gasteiger partial charge in [-0.25, -0.2) is 15.0 Å². The topological polar surface area (TPSA) is 66.5 Å². The van der Waals surface area contributed by atoms with Gasteiger partial charge in [-0.05, 0) is 18.6 Å². The van der Waals surface area contributed by atoms with Gasteiger partial charge in [0, 0.05) is 11.8 Å². The van der Waals surface area contributed by atoms with Gasteiger partial charge >= 0.3 is 0 Å². The van der Waals surface area contributed by atoms with Crippen LogP contribution in [0, 0.1) is 0 Å². The van der Waals surface area contributed by atoms with Crippen molar-refractivity contribution in [3.05, 3.63) is 12.7 Å². The molecule has 17 heavy (non-hydrogen) atoms. The summed E-state index contributed by atoms with van der Waals surface area (Å²) in [6.07, 6.45) is 7.22. The van der Waals surface area contributed by atoms with Crippen LogP contribution in [-0.2, 0) is 0 Å². The summed E-state index contributed by atoms with van der Waals surface area (Å²) in [6, 6.07) is 0. The average Bonchev–Trinajstić information content (AvgIpc) is 2.86. The Balaban J connectivity index is 1.69. The van der Waals surface area contributed by atoms with Crippen molar-refractivity contribution >= 4 is 28.7 Å². The maximum absolute atomic E-state index is 4.26. The molecule has 90 valence electrons. The van der Waals surface area contributed by atoms with Gasteiger partial charge in [-0.2, -0.15) is 11.8 Å². The van der Waals surface area contributed by atoms with Crippen LogP contribution in [0.3, 0.4) is 0 Å². The first kappa shape index (κ1) is 10.8. The highest BCUT2D eigenvalue weighted by Gasteiger charge is 2.14. The summed E-state index contributed by atoms with van der Waals surface area (Å²) >= 11 is 2.06. The molecule has 0 spiro atoms. The predicted molar refractivity (Wildman–Crippen MR) is 70.3 cm³/mol. The SMILES string of the molecule is c1nc(NCC2CCCCS2)c2[nH]cnc2n1. The minimum absolute atomic E-state index is 0.705. The molecule has 2 N–H and O–H groups in total. The summed E-state index contributed by atoms with van der Waals surface area (Å²) < 4.78 is 0. The van der Waals surface area contributed by atoms with E-state index in [1.165, 1.54) is 25.0 Å². The van der Waals surface area contributed by atoms with Crippen LogP contribution in [0.15, 0.2) is 12.7 Å². The van der Waals surface area contributed by atoms with Crippen LogP contribution >= 0.6 is 11.8 Å². The van der Waals surface area contributed by atoms with Gasteiger partial charge in [-0.3, -0.25) is 0 Å². The van der Waals surface area contributed by atoms with Crippen LogP contribution in [0.2, 0.25) is 0 Å². The molecule has 0 aliphatic carbocycles. The summed E-state index contributed by atoms with van der Waals surface area (Å²) in [5, 5.41) is 4.11. The summed E-state index contributed by atoms with van der Waals surface area (Å²) in [7, 11) is 0. The minimum Gasteiger partial charge on any atom is -0.367 e. The first-order chi connectivity index (χ1) is 8.43. The van der Waals surface area contributed by atoms with Crippen molar-refractivity contribution in [2.24, 2.45) is 0 Å². The Bertz CT molecular complexity index is 491. The molecule has 2 aromatic rings. The van der Waals surface area contributed by atoms with Gasteiger partial charge in [-0.1, -0.05) is 6.42 Å². The van der Waals surface area contributed by atoms with Crippen molar-refractivity contribution in [1.82, 2.24) is 19.9 Å². The lowest BCUT2D eigenvalue weighted by Gasteiger charge is -2.21. The van der Waals surface area contributed by atoms with Crippen molar-refractivity contribution in [1.29, 1.82) is 0 Å². The number of nitrogens with one attached hydrogen (secondary N) is 2. The van der Waals surface area contributed by atoms with E-state index in [-0.39, 0.29) is 0 Å². The summed E-state index contributed by atoms with van der Waals surface area (Å²) in [5.41, 5.74) is 1.62. The lowest BCUT2D eigenvalue weighted by atomic mass is 10.2. The first-order valence-corrected chi connectivity index (χ1v) is 6.98. The fourth-order valence-electron chi connectivity index (χ4n) is 2.08. The summed E-state index contributed by atoms with van der Waals surface area (Å²) in [6.45, 7) is 0.968. The number of aromatic nitrogens is 4. The highest BCUT2D eigenvalue weighted by Crippen LogP contribution is 2.25. The van der Waals surface area contributed by atoms with Crippen molar-refractivity contribution in [2.75, 3.05) is 17.6 Å². The van der Waals surface area contributed by atoms with E-state index in [2.05, 4.69) is 37.0 Å². The first-order valence-electron chi connectivity index (χ1n) is 5.93. The monoisotopic (exact) mass is 249 g/mol. The van der Waals surface area contributed by atoms with Crippen molar-refractivity contribution < 1.29 is 0 Å². The van der Waals surface area contributed by atoms with Crippen LogP contribution in [0.5, 0.6) is 0 Å². The van der Waals surface area contributed by atoms with Gasteiger partial charge in [0.2, 0.25) is 0 Å². The molecule has 3 rings (SSSR count). The second kappa shape index (κ2) is 4.91. The Labute approximate surface area is 104 Å². The zero-order valence-electron chi connectivity index (χ0n) is 9.52. The Morgan fingerprint density at radius 2 is 2.35 bits per heavy atom. The molecule has 0 aromatic carbocycles. The normalized spacial score (nSPS) is 20.6. The molecular weight excluding hydrogens is 234 g/mol. The largest absolute Gasteiger partial charge is 0.367 e. The Hall–Kier alpha value is -1.30. The molecule has 3 heterocycles. The molecule has 1 unspecified atom stereocenters. The number of rotatable bonds is 3. The molecule has 6 heteroatoms. The third kappa shape index (κ3) is 2.36. The molecule has 5 nitrogen and oxygen atoms in total. The van der Waals surface area contributed by atoms with Gasteiger partial charge in [0.1, 0.15) is 11.8 Å². The van der Waals surface area contributed by atoms with Crippen molar-refractivity contribution in [3.63, 3.8) is 0 Å². The van der Waals surface area contributed by atoms with E-state index in [1.807, 2.05) is 0 Å². The fourth-order valence-corrected chi connectivity index (χ4v) is 3.32. The third-order valence-corrected chi connectivity index (χ3v) is 4.39. The zero-order chi connectivity index (χ0) is 11.5. The zero-order valence-corrected chi connectivity index (χ0v) is 10.3. The molecule has 1 fully saturated rings. The lowest BCUT2D eigenvalue weighted by Crippen LogP contribution is -2.20. The molecule has 1 saturated heterocycles. The number of aromatic amines is 1. The van der Waals surface area contributed by atoms with Crippen LogP contribution in [-0.4, -0.2) is 37.5 Å². The molecule has 1 aliphatic rings. The molecular formula is C11H15N5S. The molecule has 0 amide bonds. The van der Waals surface area contributed by atoms with Crippen LogP contribution in [0.4, 0.5) is 5.82 Å². The fraction of sp³-hybridized carbons (Fsp3) is 0.545. The number of thioether (sulfide) groups is 1. The average molecular weight is 249 g/mol. The predicted octanol–water partition coefficient (Wildman–Crippen LogP) is 2.05. The van der Waals surface area contributed by atoms with Crippen molar-refractivity contribution in [3.8, 4) is 0 Å². The number of imidazole rings is 1. The van der Waals surface area contributed by atoms with E-state index >= 15 is 0 Å². The molecule has 1 aliphatic heterocycles. The second-order valence-corrected chi connectivity index (χ2v) is 5.60. The van der Waals surface area contributed by atoms with Gasteiger partial charge in [-0.15, -0.1) is 0 Å². The minimum atomic E-state index is 0.705. The highest BCUT2D eigenvalue weighted by atomic mass is 32.2. The summed E-state index contributed by atoms with van der Waals surface area (Å²) in [4.78, 5) is 15.6. The van der Waals surface area contributed by atoms with Crippen molar-refractivity contribution in [2.45, 2.75) is 24.5 Å². The molecule has 0 radical (unpaired) electrons. The molecule has 0 saturated carbocycles. The van der Waals surface area contributed by atoms with Gasteiger partial charge in [0.05, 0.1) is 6.33 Å². The quantitative estimate of drug-likeness (QED) is 0.871. The van der Waals surface area contributed by atoms with E-state index in [0.717, 1.165) is 23.5 Å². The number of nitrogens with zero attached hydrogens (tertiary/aromatic N) is 3. The van der Waals surface area contributed by atoms with E-state index in [1.54, 1.807) is 12.7 Å². The highest BCUT2D eigenvalue weighted by molar-refractivity contribution is 7.99. The number of anilines is 1. The van der Waals surface area contributed by atoms with E-state index in [0.29, 0.717) is 5.25 Å². The Kier molecular flexibility index (Phi) is 3.13. The number of hydrogen-bond donors (Lipinski definition) is 2. The van der Waals surface area contributed by atoms with Gasteiger partial charge in [0.15, 0.2) is 11.5 Å². The Morgan fingerprint density at radius 1 is 1.35 bits per heavy atom. The van der Waals surface area contributed by atoms with Crippen LogP contribution in [0.25, 0.3) is 11.2 Å². The molecule has 2 aromatic heterocycles. The van der Waals surface area contributed by atoms with Gasteiger partial charge < -0.3 is 10.3 Å². The maximum atomic E-state index is 4.26. The Morgan fingerprint density at radius 3 is 3.24 bits per heavy atom. The van der Waals surface area contributed by atoms with Gasteiger partial charge in [0.25, 0.3) is 0 Å². The van der Waals surface area contributed by atoms with Crippen LogP contribution < -0.4 is 5.32 Å². The standard InChI is InChI=1S/C11H15N5S/c1-2-4-17-8(3-1)5-12-10-9-11(14-6-13-9)16-7-15-10/h6-8H,1-5H2,(H2,12,13,14,15,16). The number of fused-ring (bicyclic) bond motifs is 1. The van der Waals surface area contributed by atoms with E-state index in [9.17, 15) is 0 Å².